The summed E-state index contributed by atoms with van der Waals surface area (Å²) in [6.07, 6.45) is 4.30. The second-order valence-corrected chi connectivity index (χ2v) is 7.55. The van der Waals surface area contributed by atoms with E-state index in [2.05, 4.69) is 10.3 Å². The second-order valence-electron chi connectivity index (χ2n) is 6.52. The predicted octanol–water partition coefficient (Wildman–Crippen LogP) is 3.71. The minimum atomic E-state index is -0.890. The molecule has 1 fully saturated rings. The van der Waals surface area contributed by atoms with E-state index in [1.54, 1.807) is 25.1 Å². The maximum absolute atomic E-state index is 13.9. The van der Waals surface area contributed by atoms with Crippen molar-refractivity contribution in [3.8, 4) is 10.6 Å². The van der Waals surface area contributed by atoms with E-state index in [-0.39, 0.29) is 5.91 Å². The largest absolute Gasteiger partial charge is 0.481 e. The highest BCUT2D eigenvalue weighted by Crippen LogP contribution is 2.35. The zero-order chi connectivity index (χ0) is 18.0. The van der Waals surface area contributed by atoms with Gasteiger partial charge in [-0.25, -0.2) is 9.37 Å². The molecule has 1 aliphatic rings. The van der Waals surface area contributed by atoms with Crippen LogP contribution in [0.2, 0.25) is 0 Å². The van der Waals surface area contributed by atoms with Crippen molar-refractivity contribution in [2.45, 2.75) is 38.1 Å². The standard InChI is InChI=1S/C18H19FN2O3S/c1-18(9-5-4-7-12(18)17(23)24)21-15(22)14-10-20-16(25-14)11-6-2-3-8-13(11)19/h2-3,6,8,10,12H,4-5,7,9H2,1H3,(H,21,22)(H,23,24). The number of carbonyl (C=O) groups excluding carboxylic acids is 1. The fraction of sp³-hybridized carbons (Fsp3) is 0.389. The Bertz CT molecular complexity index is 807. The number of halogens is 1. The van der Waals surface area contributed by atoms with Crippen LogP contribution in [0.15, 0.2) is 30.5 Å². The van der Waals surface area contributed by atoms with Gasteiger partial charge in [0.05, 0.1) is 17.7 Å². The van der Waals surface area contributed by atoms with Crippen LogP contribution in [0.25, 0.3) is 10.6 Å². The molecule has 1 heterocycles. The number of carboxylic acids is 1. The monoisotopic (exact) mass is 362 g/mol. The highest BCUT2D eigenvalue weighted by molar-refractivity contribution is 7.16. The second kappa shape index (κ2) is 6.92. The van der Waals surface area contributed by atoms with Crippen LogP contribution in [0.3, 0.4) is 0 Å². The van der Waals surface area contributed by atoms with Gasteiger partial charge in [-0.3, -0.25) is 9.59 Å². The summed E-state index contributed by atoms with van der Waals surface area (Å²) in [4.78, 5) is 28.6. The molecule has 0 bridgehead atoms. The molecule has 3 rings (SSSR count). The van der Waals surface area contributed by atoms with Gasteiger partial charge < -0.3 is 10.4 Å². The van der Waals surface area contributed by atoms with Crippen LogP contribution in [-0.4, -0.2) is 27.5 Å². The number of nitrogens with one attached hydrogen (secondary N) is 1. The number of aliphatic carboxylic acids is 1. The molecule has 0 radical (unpaired) electrons. The molecular formula is C18H19FN2O3S. The molecule has 1 saturated carbocycles. The van der Waals surface area contributed by atoms with Crippen molar-refractivity contribution < 1.29 is 19.1 Å². The summed E-state index contributed by atoms with van der Waals surface area (Å²) in [5, 5.41) is 12.7. The summed E-state index contributed by atoms with van der Waals surface area (Å²) in [5.74, 6) is -2.26. The highest BCUT2D eigenvalue weighted by Gasteiger charge is 2.42. The molecule has 1 amide bonds. The first-order chi connectivity index (χ1) is 11.9. The Morgan fingerprint density at radius 1 is 1.36 bits per heavy atom. The van der Waals surface area contributed by atoms with Gasteiger partial charge in [-0.05, 0) is 31.9 Å². The van der Waals surface area contributed by atoms with Crippen molar-refractivity contribution in [1.29, 1.82) is 0 Å². The number of rotatable bonds is 4. The molecular weight excluding hydrogens is 343 g/mol. The Kier molecular flexibility index (Phi) is 4.85. The number of carbonyl (C=O) groups is 2. The van der Waals surface area contributed by atoms with Crippen molar-refractivity contribution in [3.05, 3.63) is 41.2 Å². The number of hydrogen-bond acceptors (Lipinski definition) is 4. The van der Waals surface area contributed by atoms with Gasteiger partial charge >= 0.3 is 5.97 Å². The molecule has 1 aromatic heterocycles. The first kappa shape index (κ1) is 17.5. The zero-order valence-electron chi connectivity index (χ0n) is 13.8. The van der Waals surface area contributed by atoms with E-state index in [1.807, 2.05) is 0 Å². The van der Waals surface area contributed by atoms with Gasteiger partial charge in [-0.2, -0.15) is 0 Å². The highest BCUT2D eigenvalue weighted by atomic mass is 32.1. The van der Waals surface area contributed by atoms with Crippen LogP contribution in [0, 0.1) is 11.7 Å². The topological polar surface area (TPSA) is 79.3 Å². The number of aromatic nitrogens is 1. The van der Waals surface area contributed by atoms with Crippen LogP contribution < -0.4 is 5.32 Å². The summed E-state index contributed by atoms with van der Waals surface area (Å²) in [6, 6.07) is 6.26. The predicted molar refractivity (Wildman–Crippen MR) is 93.0 cm³/mol. The Morgan fingerprint density at radius 3 is 2.84 bits per heavy atom. The van der Waals surface area contributed by atoms with E-state index in [4.69, 9.17) is 0 Å². The van der Waals surface area contributed by atoms with Crippen molar-refractivity contribution in [2.24, 2.45) is 5.92 Å². The first-order valence-corrected chi connectivity index (χ1v) is 8.98. The number of amides is 1. The van der Waals surface area contributed by atoms with Crippen LogP contribution >= 0.6 is 11.3 Å². The first-order valence-electron chi connectivity index (χ1n) is 8.17. The zero-order valence-corrected chi connectivity index (χ0v) is 14.6. The molecule has 2 N–H and O–H groups in total. The smallest absolute Gasteiger partial charge is 0.308 e. The fourth-order valence-corrected chi connectivity index (χ4v) is 4.18. The van der Waals surface area contributed by atoms with Crippen LogP contribution in [0.1, 0.15) is 42.3 Å². The molecule has 7 heteroatoms. The molecule has 0 aliphatic heterocycles. The van der Waals surface area contributed by atoms with Crippen LogP contribution in [0.4, 0.5) is 4.39 Å². The summed E-state index contributed by atoms with van der Waals surface area (Å²) >= 11 is 1.09. The maximum Gasteiger partial charge on any atom is 0.308 e. The third-order valence-electron chi connectivity index (χ3n) is 4.74. The molecule has 2 unspecified atom stereocenters. The molecule has 5 nitrogen and oxygen atoms in total. The van der Waals surface area contributed by atoms with Crippen molar-refractivity contribution in [2.75, 3.05) is 0 Å². The van der Waals surface area contributed by atoms with Crippen molar-refractivity contribution in [1.82, 2.24) is 10.3 Å². The van der Waals surface area contributed by atoms with Crippen LogP contribution in [-0.2, 0) is 4.79 Å². The Labute approximate surface area is 148 Å². The molecule has 2 aromatic rings. The van der Waals surface area contributed by atoms with Crippen molar-refractivity contribution in [3.63, 3.8) is 0 Å². The lowest BCUT2D eigenvalue weighted by atomic mass is 9.74. The van der Waals surface area contributed by atoms with Gasteiger partial charge in [-0.1, -0.05) is 25.0 Å². The van der Waals surface area contributed by atoms with Gasteiger partial charge in [0.1, 0.15) is 15.7 Å². The summed E-state index contributed by atoms with van der Waals surface area (Å²) in [6.45, 7) is 1.78. The Morgan fingerprint density at radius 2 is 2.12 bits per heavy atom. The minimum absolute atomic E-state index is 0.342. The summed E-state index contributed by atoms with van der Waals surface area (Å²) in [7, 11) is 0. The van der Waals surface area contributed by atoms with E-state index in [1.165, 1.54) is 12.3 Å². The average Bonchev–Trinajstić information content (AvgIpc) is 3.05. The van der Waals surface area contributed by atoms with Gasteiger partial charge in [0.15, 0.2) is 0 Å². The summed E-state index contributed by atoms with van der Waals surface area (Å²) in [5.41, 5.74) is -0.442. The Balaban J connectivity index is 1.80. The van der Waals surface area contributed by atoms with Gasteiger partial charge in [0, 0.05) is 5.56 Å². The van der Waals surface area contributed by atoms with Crippen LogP contribution in [0.5, 0.6) is 0 Å². The molecule has 2 atom stereocenters. The number of thiazole rings is 1. The third-order valence-corrected chi connectivity index (χ3v) is 5.77. The molecule has 1 aromatic carbocycles. The lowest BCUT2D eigenvalue weighted by Crippen LogP contribution is -2.55. The SMILES string of the molecule is CC1(NC(=O)c2cnc(-c3ccccc3F)s2)CCCCC1C(=O)O. The number of carboxylic acid groups (broad SMARTS) is 1. The maximum atomic E-state index is 13.9. The van der Waals surface area contributed by atoms with Gasteiger partial charge in [0.2, 0.25) is 0 Å². The third kappa shape index (κ3) is 3.56. The van der Waals surface area contributed by atoms with Gasteiger partial charge in [0.25, 0.3) is 5.91 Å². The number of hydrogen-bond donors (Lipinski definition) is 2. The lowest BCUT2D eigenvalue weighted by molar-refractivity contribution is -0.145. The molecule has 25 heavy (non-hydrogen) atoms. The van der Waals surface area contributed by atoms with E-state index in [9.17, 15) is 19.1 Å². The molecule has 0 saturated heterocycles. The van der Waals surface area contributed by atoms with Gasteiger partial charge in [-0.15, -0.1) is 11.3 Å². The minimum Gasteiger partial charge on any atom is -0.481 e. The molecule has 0 spiro atoms. The quantitative estimate of drug-likeness (QED) is 0.869. The normalized spacial score (nSPS) is 23.2. The number of nitrogens with zero attached hydrogens (tertiary/aromatic N) is 1. The fourth-order valence-electron chi connectivity index (χ4n) is 3.34. The average molecular weight is 362 g/mol. The molecule has 1 aliphatic carbocycles. The Hall–Kier alpha value is -2.28. The number of benzene rings is 1. The van der Waals surface area contributed by atoms with E-state index < -0.39 is 23.2 Å². The van der Waals surface area contributed by atoms with Crippen molar-refractivity contribution >= 4 is 23.2 Å². The molecule has 132 valence electrons. The van der Waals surface area contributed by atoms with E-state index in [0.29, 0.717) is 28.3 Å². The van der Waals surface area contributed by atoms with E-state index in [0.717, 1.165) is 24.2 Å². The lowest BCUT2D eigenvalue weighted by Gasteiger charge is -2.39. The summed E-state index contributed by atoms with van der Waals surface area (Å²) < 4.78 is 13.9. The van der Waals surface area contributed by atoms with E-state index >= 15 is 0 Å².